The summed E-state index contributed by atoms with van der Waals surface area (Å²) in [5.41, 5.74) is 7.17. The van der Waals surface area contributed by atoms with Crippen LogP contribution in [0.3, 0.4) is 0 Å². The lowest BCUT2D eigenvalue weighted by Gasteiger charge is -2.11. The van der Waals surface area contributed by atoms with E-state index < -0.39 is 0 Å². The molecule has 0 saturated heterocycles. The minimum atomic E-state index is -0.363. The Bertz CT molecular complexity index is 644. The molecule has 0 saturated carbocycles. The van der Waals surface area contributed by atoms with Gasteiger partial charge < -0.3 is 4.74 Å². The van der Waals surface area contributed by atoms with Gasteiger partial charge in [-0.25, -0.2) is 4.98 Å². The number of nitriles is 2. The minimum absolute atomic E-state index is 0.0749. The molecule has 0 aromatic carbocycles. The molecule has 0 spiro atoms. The van der Waals surface area contributed by atoms with Crippen molar-refractivity contribution in [2.75, 3.05) is 18.1 Å². The predicted molar refractivity (Wildman–Crippen MR) is 82.7 cm³/mol. The van der Waals surface area contributed by atoms with E-state index in [1.165, 1.54) is 0 Å². The van der Waals surface area contributed by atoms with Crippen molar-refractivity contribution in [1.82, 2.24) is 0 Å². The molecule has 1 rings (SSSR count). The smallest absolute Gasteiger partial charge is 0.316 e. The van der Waals surface area contributed by atoms with Gasteiger partial charge in [-0.15, -0.1) is 0 Å². The molecule has 116 valence electrons. The molecule has 0 aliphatic rings. The van der Waals surface area contributed by atoms with Crippen LogP contribution in [0.1, 0.15) is 37.5 Å². The maximum atomic E-state index is 11.5. The highest BCUT2D eigenvalue weighted by Crippen LogP contribution is 2.27. The zero-order valence-corrected chi connectivity index (χ0v) is 13.7. The van der Waals surface area contributed by atoms with Crippen molar-refractivity contribution in [3.63, 3.8) is 0 Å². The summed E-state index contributed by atoms with van der Waals surface area (Å²) >= 11 is 1.15. The van der Waals surface area contributed by atoms with E-state index >= 15 is 0 Å². The van der Waals surface area contributed by atoms with Crippen molar-refractivity contribution >= 4 is 23.5 Å². The average molecular weight is 319 g/mol. The van der Waals surface area contributed by atoms with Crippen molar-refractivity contribution in [3.8, 4) is 12.1 Å². The van der Waals surface area contributed by atoms with Gasteiger partial charge in [0.05, 0.1) is 12.4 Å². The number of nitrogens with two attached hydrogens (primary N) is 1. The molecule has 1 aromatic rings. The Kier molecular flexibility index (Phi) is 6.68. The Morgan fingerprint density at radius 3 is 2.50 bits per heavy atom. The number of hydrogen-bond acceptors (Lipinski definition) is 6. The Labute approximate surface area is 134 Å². The van der Waals surface area contributed by atoms with Crippen molar-refractivity contribution in [2.24, 2.45) is 5.92 Å². The van der Waals surface area contributed by atoms with E-state index in [0.717, 1.165) is 11.8 Å². The first-order chi connectivity index (χ1) is 10.4. The van der Waals surface area contributed by atoms with E-state index in [-0.39, 0.29) is 23.5 Å². The number of nitrogens with zero attached hydrogens (tertiary/aromatic N) is 2. The monoisotopic (exact) mass is 319 g/mol. The molecule has 3 N–H and O–H groups in total. The molecule has 0 aliphatic heterocycles. The van der Waals surface area contributed by atoms with Gasteiger partial charge >= 0.3 is 5.97 Å². The molecule has 0 amide bonds. The molecule has 1 aromatic heterocycles. The van der Waals surface area contributed by atoms with Crippen molar-refractivity contribution in [3.05, 3.63) is 16.7 Å². The van der Waals surface area contributed by atoms with E-state index in [9.17, 15) is 15.3 Å². The van der Waals surface area contributed by atoms with Crippen molar-refractivity contribution in [1.29, 1.82) is 10.5 Å². The highest BCUT2D eigenvalue weighted by atomic mass is 32.2. The number of pyridine rings is 1. The summed E-state index contributed by atoms with van der Waals surface area (Å²) in [5, 5.41) is 19.2. The van der Waals surface area contributed by atoms with Crippen LogP contribution in [0, 0.1) is 28.6 Å². The van der Waals surface area contributed by atoms with Gasteiger partial charge in [0.1, 0.15) is 23.3 Å². The molecule has 1 heterocycles. The van der Waals surface area contributed by atoms with Crippen molar-refractivity contribution < 1.29 is 14.5 Å². The molecular weight excluding hydrogens is 300 g/mol. The fourth-order valence-electron chi connectivity index (χ4n) is 1.97. The molecule has 0 radical (unpaired) electrons. The van der Waals surface area contributed by atoms with Gasteiger partial charge in [-0.1, -0.05) is 25.6 Å². The van der Waals surface area contributed by atoms with Gasteiger partial charge in [-0.05, 0) is 19.3 Å². The van der Waals surface area contributed by atoms with Crippen LogP contribution in [-0.2, 0) is 16.0 Å². The Balaban J connectivity index is 3.24. The van der Waals surface area contributed by atoms with Gasteiger partial charge in [-0.2, -0.15) is 10.5 Å². The zero-order valence-electron chi connectivity index (χ0n) is 12.9. The van der Waals surface area contributed by atoms with E-state index in [1.807, 2.05) is 19.9 Å². The summed E-state index contributed by atoms with van der Waals surface area (Å²) < 4.78 is 4.87. The molecule has 0 bridgehead atoms. The number of thioether (sulfide) groups is 1. The van der Waals surface area contributed by atoms with Crippen LogP contribution < -0.4 is 10.7 Å². The van der Waals surface area contributed by atoms with Crippen molar-refractivity contribution in [2.45, 2.75) is 32.2 Å². The lowest BCUT2D eigenvalue weighted by atomic mass is 9.95. The van der Waals surface area contributed by atoms with E-state index in [4.69, 9.17) is 10.5 Å². The number of nitrogens with one attached hydrogen (secondary N) is 1. The number of carbonyl (C=O) groups is 1. The van der Waals surface area contributed by atoms with Crippen LogP contribution in [0.15, 0.2) is 5.03 Å². The number of anilines is 1. The van der Waals surface area contributed by atoms with E-state index in [0.29, 0.717) is 34.7 Å². The van der Waals surface area contributed by atoms with Gasteiger partial charge in [0.15, 0.2) is 5.03 Å². The summed E-state index contributed by atoms with van der Waals surface area (Å²) in [6.45, 7) is 6.04. The highest BCUT2D eigenvalue weighted by Gasteiger charge is 2.23. The van der Waals surface area contributed by atoms with Crippen LogP contribution >= 0.6 is 11.8 Å². The Morgan fingerprint density at radius 1 is 1.36 bits per heavy atom. The molecule has 7 heteroatoms. The Hall–Kier alpha value is -2.25. The van der Waals surface area contributed by atoms with Crippen LogP contribution in [0.25, 0.3) is 0 Å². The second-order valence-electron chi connectivity index (χ2n) is 5.01. The first-order valence-corrected chi connectivity index (χ1v) is 7.89. The SMILES string of the molecule is CCOC(=O)CSc1[nH+]c(N)c(C#N)c(CC(C)C)c1C#N. The van der Waals surface area contributed by atoms with Gasteiger partial charge in [-0.3, -0.25) is 10.5 Å². The molecule has 6 nitrogen and oxygen atoms in total. The lowest BCUT2D eigenvalue weighted by Crippen LogP contribution is -2.21. The normalized spacial score (nSPS) is 10.1. The third-order valence-electron chi connectivity index (χ3n) is 2.82. The summed E-state index contributed by atoms with van der Waals surface area (Å²) in [4.78, 5) is 14.3. The first kappa shape index (κ1) is 17.8. The van der Waals surface area contributed by atoms with Gasteiger partial charge in [0.25, 0.3) is 5.82 Å². The average Bonchev–Trinajstić information content (AvgIpc) is 2.45. The second-order valence-corrected chi connectivity index (χ2v) is 6.00. The van der Waals surface area contributed by atoms with Gasteiger partial charge in [0.2, 0.25) is 0 Å². The molecule has 0 fully saturated rings. The van der Waals surface area contributed by atoms with Crippen LogP contribution in [0.2, 0.25) is 0 Å². The second kappa shape index (κ2) is 8.26. The fraction of sp³-hybridized carbons (Fsp3) is 0.467. The third kappa shape index (κ3) is 4.37. The number of nitrogen functional groups attached to an aromatic ring is 1. The molecular formula is C15H19N4O2S+. The highest BCUT2D eigenvalue weighted by molar-refractivity contribution is 7.99. The topological polar surface area (TPSA) is 114 Å². The number of aromatic nitrogens is 1. The molecule has 0 unspecified atom stereocenters. The lowest BCUT2D eigenvalue weighted by molar-refractivity contribution is -0.410. The van der Waals surface area contributed by atoms with Crippen LogP contribution in [-0.4, -0.2) is 18.3 Å². The summed E-state index contributed by atoms with van der Waals surface area (Å²) in [6, 6.07) is 4.16. The maximum absolute atomic E-state index is 11.5. The fourth-order valence-corrected chi connectivity index (χ4v) is 2.81. The van der Waals surface area contributed by atoms with Crippen LogP contribution in [0.4, 0.5) is 5.82 Å². The number of H-pyrrole nitrogens is 1. The number of carbonyl (C=O) groups excluding carboxylic acids is 1. The van der Waals surface area contributed by atoms with Gasteiger partial charge in [0, 0.05) is 5.56 Å². The number of aromatic amines is 1. The zero-order chi connectivity index (χ0) is 16.7. The quantitative estimate of drug-likeness (QED) is 0.630. The largest absolute Gasteiger partial charge is 0.465 e. The number of ether oxygens (including phenoxy) is 1. The minimum Gasteiger partial charge on any atom is -0.465 e. The standard InChI is InChI=1S/C15H18N4O2S/c1-4-21-13(20)8-22-15-12(7-17)10(5-9(2)3)11(6-16)14(18)19-15/h9H,4-5,8H2,1-3H3,(H2,18,19)/p+1. The molecule has 0 atom stereocenters. The predicted octanol–water partition coefficient (Wildman–Crippen LogP) is 1.68. The molecule has 0 aliphatic carbocycles. The van der Waals surface area contributed by atoms with Crippen LogP contribution in [0.5, 0.6) is 0 Å². The van der Waals surface area contributed by atoms with E-state index in [1.54, 1.807) is 6.92 Å². The number of rotatable bonds is 6. The maximum Gasteiger partial charge on any atom is 0.316 e. The first-order valence-electron chi connectivity index (χ1n) is 6.90. The number of esters is 1. The summed E-state index contributed by atoms with van der Waals surface area (Å²) in [5.74, 6) is 0.191. The summed E-state index contributed by atoms with van der Waals surface area (Å²) in [6.07, 6.45) is 0.567. The third-order valence-corrected chi connectivity index (χ3v) is 3.80. The number of hydrogen-bond donors (Lipinski definition) is 1. The Morgan fingerprint density at radius 2 is 2.00 bits per heavy atom. The summed E-state index contributed by atoms with van der Waals surface area (Å²) in [7, 11) is 0. The van der Waals surface area contributed by atoms with E-state index in [2.05, 4.69) is 11.1 Å². The molecule has 22 heavy (non-hydrogen) atoms.